The molecule has 0 bridgehead atoms. The average molecular weight is 301 g/mol. The van der Waals surface area contributed by atoms with Crippen molar-refractivity contribution >= 4 is 12.1 Å². The molecule has 0 spiro atoms. The van der Waals surface area contributed by atoms with Crippen LogP contribution in [0.25, 0.3) is 0 Å². The van der Waals surface area contributed by atoms with Gasteiger partial charge in [-0.2, -0.15) is 0 Å². The molecule has 0 aliphatic rings. The molecule has 21 heavy (non-hydrogen) atoms. The summed E-state index contributed by atoms with van der Waals surface area (Å²) in [7, 11) is 0. The lowest BCUT2D eigenvalue weighted by Gasteiger charge is -2.15. The van der Waals surface area contributed by atoms with Gasteiger partial charge < -0.3 is 15.2 Å². The zero-order valence-corrected chi connectivity index (χ0v) is 13.5. The van der Waals surface area contributed by atoms with E-state index < -0.39 is 18.1 Å². The van der Waals surface area contributed by atoms with Gasteiger partial charge in [0.1, 0.15) is 6.04 Å². The van der Waals surface area contributed by atoms with E-state index in [9.17, 15) is 9.59 Å². The number of carbonyl (C=O) groups excluding carboxylic acids is 1. The van der Waals surface area contributed by atoms with Crippen molar-refractivity contribution in [2.24, 2.45) is 0 Å². The van der Waals surface area contributed by atoms with Crippen LogP contribution in [0.4, 0.5) is 4.79 Å². The van der Waals surface area contributed by atoms with Gasteiger partial charge in [-0.1, -0.05) is 65.2 Å². The molecule has 5 nitrogen and oxygen atoms in total. The number of esters is 1. The monoisotopic (exact) mass is 301 g/mol. The highest BCUT2D eigenvalue weighted by molar-refractivity contribution is 5.80. The fourth-order valence-corrected chi connectivity index (χ4v) is 2.14. The first-order chi connectivity index (χ1) is 10.1. The molecular formula is C16H31NO4. The van der Waals surface area contributed by atoms with E-state index in [0.29, 0.717) is 13.0 Å². The van der Waals surface area contributed by atoms with Gasteiger partial charge in [0, 0.05) is 0 Å². The topological polar surface area (TPSA) is 75.6 Å². The number of rotatable bonds is 13. The van der Waals surface area contributed by atoms with Crippen LogP contribution in [0.3, 0.4) is 0 Å². The van der Waals surface area contributed by atoms with E-state index in [0.717, 1.165) is 25.7 Å². The first-order valence-corrected chi connectivity index (χ1v) is 8.27. The number of ether oxygens (including phenoxy) is 1. The van der Waals surface area contributed by atoms with Crippen LogP contribution in [-0.2, 0) is 9.53 Å². The SMILES string of the molecule is CCCCCCCCCOC(=O)C(CCCC)NC(=O)O. The number of carboxylic acid groups (broad SMARTS) is 1. The van der Waals surface area contributed by atoms with Crippen molar-refractivity contribution < 1.29 is 19.4 Å². The Labute approximate surface area is 128 Å². The molecule has 0 fully saturated rings. The maximum atomic E-state index is 11.8. The van der Waals surface area contributed by atoms with E-state index in [4.69, 9.17) is 9.84 Å². The summed E-state index contributed by atoms with van der Waals surface area (Å²) in [6.45, 7) is 4.58. The van der Waals surface area contributed by atoms with Crippen LogP contribution in [-0.4, -0.2) is 29.8 Å². The average Bonchev–Trinajstić information content (AvgIpc) is 2.45. The van der Waals surface area contributed by atoms with E-state index in [1.807, 2.05) is 6.92 Å². The number of hydrogen-bond donors (Lipinski definition) is 2. The maximum absolute atomic E-state index is 11.8. The van der Waals surface area contributed by atoms with E-state index in [1.54, 1.807) is 0 Å². The Balaban J connectivity index is 3.74. The Morgan fingerprint density at radius 1 is 0.952 bits per heavy atom. The van der Waals surface area contributed by atoms with Crippen molar-refractivity contribution in [2.45, 2.75) is 84.1 Å². The van der Waals surface area contributed by atoms with Crippen LogP contribution in [0, 0.1) is 0 Å². The van der Waals surface area contributed by atoms with E-state index in [2.05, 4.69) is 12.2 Å². The van der Waals surface area contributed by atoms with Gasteiger partial charge in [0.05, 0.1) is 6.61 Å². The van der Waals surface area contributed by atoms with Gasteiger partial charge in [-0.15, -0.1) is 0 Å². The quantitative estimate of drug-likeness (QED) is 0.396. The molecule has 0 aliphatic heterocycles. The highest BCUT2D eigenvalue weighted by atomic mass is 16.5. The third kappa shape index (κ3) is 12.2. The van der Waals surface area contributed by atoms with Crippen LogP contribution < -0.4 is 5.32 Å². The van der Waals surface area contributed by atoms with Crippen molar-refractivity contribution in [1.29, 1.82) is 0 Å². The summed E-state index contributed by atoms with van der Waals surface area (Å²) in [5.41, 5.74) is 0. The number of carbonyl (C=O) groups is 2. The maximum Gasteiger partial charge on any atom is 0.405 e. The lowest BCUT2D eigenvalue weighted by atomic mass is 10.1. The van der Waals surface area contributed by atoms with Gasteiger partial charge in [-0.05, 0) is 12.8 Å². The van der Waals surface area contributed by atoms with Crippen LogP contribution >= 0.6 is 0 Å². The molecule has 0 radical (unpaired) electrons. The highest BCUT2D eigenvalue weighted by Crippen LogP contribution is 2.08. The fourth-order valence-electron chi connectivity index (χ4n) is 2.14. The largest absolute Gasteiger partial charge is 0.465 e. The Morgan fingerprint density at radius 2 is 1.52 bits per heavy atom. The van der Waals surface area contributed by atoms with Gasteiger partial charge in [-0.25, -0.2) is 9.59 Å². The Morgan fingerprint density at radius 3 is 2.10 bits per heavy atom. The standard InChI is InChI=1S/C16H31NO4/c1-3-5-7-8-9-10-11-13-21-15(18)14(12-6-4-2)17-16(19)20/h14,17H,3-13H2,1-2H3,(H,19,20). The molecule has 0 saturated carbocycles. The number of nitrogens with one attached hydrogen (secondary N) is 1. The van der Waals surface area contributed by atoms with Gasteiger partial charge in [-0.3, -0.25) is 0 Å². The van der Waals surface area contributed by atoms with Crippen molar-refractivity contribution in [3.8, 4) is 0 Å². The molecule has 1 amide bonds. The zero-order valence-electron chi connectivity index (χ0n) is 13.5. The van der Waals surface area contributed by atoms with E-state index >= 15 is 0 Å². The molecule has 124 valence electrons. The minimum atomic E-state index is -1.18. The van der Waals surface area contributed by atoms with E-state index in [1.165, 1.54) is 32.1 Å². The van der Waals surface area contributed by atoms with Gasteiger partial charge in [0.15, 0.2) is 0 Å². The highest BCUT2D eigenvalue weighted by Gasteiger charge is 2.21. The second-order valence-electron chi connectivity index (χ2n) is 5.43. The molecule has 0 aliphatic carbocycles. The Kier molecular flexibility index (Phi) is 12.9. The second kappa shape index (κ2) is 13.7. The molecule has 0 heterocycles. The normalized spacial score (nSPS) is 11.9. The number of amides is 1. The molecule has 0 aromatic carbocycles. The molecule has 1 atom stereocenters. The third-order valence-electron chi connectivity index (χ3n) is 3.42. The Bertz CT molecular complexity index is 281. The van der Waals surface area contributed by atoms with Gasteiger partial charge in [0.2, 0.25) is 0 Å². The summed E-state index contributed by atoms with van der Waals surface area (Å²) in [5, 5.41) is 11.0. The molecule has 0 saturated heterocycles. The molecule has 1 unspecified atom stereocenters. The second-order valence-corrected chi connectivity index (χ2v) is 5.43. The summed E-state index contributed by atoms with van der Waals surface area (Å²) in [6, 6.07) is -0.730. The summed E-state index contributed by atoms with van der Waals surface area (Å²) >= 11 is 0. The predicted octanol–water partition coefficient (Wildman–Crippen LogP) is 4.11. The van der Waals surface area contributed by atoms with Gasteiger partial charge >= 0.3 is 12.1 Å². The molecular weight excluding hydrogens is 270 g/mol. The molecule has 2 N–H and O–H groups in total. The summed E-state index contributed by atoms with van der Waals surface area (Å²) in [5.74, 6) is -0.447. The first-order valence-electron chi connectivity index (χ1n) is 8.27. The van der Waals surface area contributed by atoms with Crippen molar-refractivity contribution in [3.05, 3.63) is 0 Å². The molecule has 0 aromatic heterocycles. The first kappa shape index (κ1) is 19.7. The van der Waals surface area contributed by atoms with Crippen LogP contribution in [0.2, 0.25) is 0 Å². The van der Waals surface area contributed by atoms with Crippen LogP contribution in [0.15, 0.2) is 0 Å². The van der Waals surface area contributed by atoms with Crippen LogP contribution in [0.1, 0.15) is 78.1 Å². The lowest BCUT2D eigenvalue weighted by Crippen LogP contribution is -2.41. The molecule has 0 rings (SSSR count). The summed E-state index contributed by atoms with van der Waals surface area (Å²) in [6.07, 6.45) is 9.17. The lowest BCUT2D eigenvalue weighted by molar-refractivity contribution is -0.146. The minimum absolute atomic E-state index is 0.385. The van der Waals surface area contributed by atoms with Crippen molar-refractivity contribution in [3.63, 3.8) is 0 Å². The fraction of sp³-hybridized carbons (Fsp3) is 0.875. The third-order valence-corrected chi connectivity index (χ3v) is 3.42. The van der Waals surface area contributed by atoms with Crippen molar-refractivity contribution in [1.82, 2.24) is 5.32 Å². The number of unbranched alkanes of at least 4 members (excludes halogenated alkanes) is 7. The molecule has 0 aromatic rings. The van der Waals surface area contributed by atoms with Gasteiger partial charge in [0.25, 0.3) is 0 Å². The minimum Gasteiger partial charge on any atom is -0.465 e. The number of hydrogen-bond acceptors (Lipinski definition) is 3. The van der Waals surface area contributed by atoms with Crippen LogP contribution in [0.5, 0.6) is 0 Å². The van der Waals surface area contributed by atoms with Crippen molar-refractivity contribution in [2.75, 3.05) is 6.61 Å². The van der Waals surface area contributed by atoms with E-state index in [-0.39, 0.29) is 0 Å². The Hall–Kier alpha value is -1.26. The predicted molar refractivity (Wildman–Crippen MR) is 83.4 cm³/mol. The summed E-state index contributed by atoms with van der Waals surface area (Å²) < 4.78 is 5.17. The molecule has 5 heteroatoms. The zero-order chi connectivity index (χ0) is 15.9. The summed E-state index contributed by atoms with van der Waals surface area (Å²) in [4.78, 5) is 22.5. The smallest absolute Gasteiger partial charge is 0.405 e.